The van der Waals surface area contributed by atoms with Gasteiger partial charge in [0, 0.05) is 19.9 Å². The first-order valence-electron chi connectivity index (χ1n) is 5.33. The van der Waals surface area contributed by atoms with Crippen molar-refractivity contribution in [1.29, 1.82) is 0 Å². The molecule has 1 aliphatic carbocycles. The first-order valence-corrected chi connectivity index (χ1v) is 5.33. The van der Waals surface area contributed by atoms with Crippen molar-refractivity contribution in [2.24, 2.45) is 0 Å². The van der Waals surface area contributed by atoms with Crippen molar-refractivity contribution in [3.8, 4) is 0 Å². The third kappa shape index (κ3) is 2.26. The first-order chi connectivity index (χ1) is 7.24. The smallest absolute Gasteiger partial charge is 0.129 e. The highest BCUT2D eigenvalue weighted by atomic mass is 16.5. The Kier molecular flexibility index (Phi) is 2.86. The normalized spacial score (nSPS) is 18.3. The lowest BCUT2D eigenvalue weighted by Gasteiger charge is -2.40. The Morgan fingerprint density at radius 1 is 1.53 bits per heavy atom. The highest BCUT2D eigenvalue weighted by molar-refractivity contribution is 5.33. The summed E-state index contributed by atoms with van der Waals surface area (Å²) in [4.78, 5) is 8.35. The summed E-state index contributed by atoms with van der Waals surface area (Å²) in [5, 5.41) is 3.30. The predicted octanol–water partition coefficient (Wildman–Crippen LogP) is 1.77. The van der Waals surface area contributed by atoms with E-state index in [1.807, 2.05) is 13.0 Å². The molecular weight excluding hydrogens is 190 g/mol. The van der Waals surface area contributed by atoms with Gasteiger partial charge in [-0.15, -0.1) is 0 Å². The van der Waals surface area contributed by atoms with Gasteiger partial charge in [-0.25, -0.2) is 9.97 Å². The number of rotatable bonds is 4. The van der Waals surface area contributed by atoms with Crippen LogP contribution in [0.5, 0.6) is 0 Å². The summed E-state index contributed by atoms with van der Waals surface area (Å²) in [7, 11) is 1.78. The molecule has 15 heavy (non-hydrogen) atoms. The third-order valence-electron chi connectivity index (χ3n) is 3.07. The number of hydrogen-bond acceptors (Lipinski definition) is 4. The van der Waals surface area contributed by atoms with E-state index in [1.54, 1.807) is 13.3 Å². The fourth-order valence-corrected chi connectivity index (χ4v) is 1.83. The monoisotopic (exact) mass is 207 g/mol. The molecule has 0 spiro atoms. The van der Waals surface area contributed by atoms with Gasteiger partial charge in [0.25, 0.3) is 0 Å². The highest BCUT2D eigenvalue weighted by Gasteiger charge is 2.36. The molecule has 0 saturated heterocycles. The maximum Gasteiger partial charge on any atom is 0.129 e. The number of hydrogen-bond donors (Lipinski definition) is 1. The van der Waals surface area contributed by atoms with Gasteiger partial charge in [0.05, 0.1) is 5.60 Å². The van der Waals surface area contributed by atoms with Crippen molar-refractivity contribution in [3.05, 3.63) is 18.1 Å². The molecule has 4 heteroatoms. The number of nitrogens with one attached hydrogen (secondary N) is 1. The fraction of sp³-hybridized carbons (Fsp3) is 0.636. The zero-order valence-electron chi connectivity index (χ0n) is 9.29. The second-order valence-electron chi connectivity index (χ2n) is 4.08. The Morgan fingerprint density at radius 2 is 2.33 bits per heavy atom. The standard InChI is InChI=1S/C11H17N3O/c1-9-12-7-4-10(14-9)13-8-11(15-2)5-3-6-11/h4,7H,3,5-6,8H2,1-2H3,(H,12,13,14). The van der Waals surface area contributed by atoms with Crippen molar-refractivity contribution >= 4 is 5.82 Å². The minimum atomic E-state index is 0.0405. The lowest BCUT2D eigenvalue weighted by Crippen LogP contribution is -2.45. The number of anilines is 1. The van der Waals surface area contributed by atoms with Crippen molar-refractivity contribution in [1.82, 2.24) is 9.97 Å². The van der Waals surface area contributed by atoms with E-state index in [0.717, 1.165) is 31.0 Å². The summed E-state index contributed by atoms with van der Waals surface area (Å²) in [6, 6.07) is 1.88. The van der Waals surface area contributed by atoms with Gasteiger partial charge >= 0.3 is 0 Å². The van der Waals surface area contributed by atoms with Gasteiger partial charge in [-0.1, -0.05) is 0 Å². The molecule has 0 aromatic carbocycles. The maximum atomic E-state index is 5.52. The minimum absolute atomic E-state index is 0.0405. The summed E-state index contributed by atoms with van der Waals surface area (Å²) in [5.41, 5.74) is 0.0405. The summed E-state index contributed by atoms with van der Waals surface area (Å²) in [6.45, 7) is 2.72. The van der Waals surface area contributed by atoms with Gasteiger partial charge in [0.1, 0.15) is 11.6 Å². The molecule has 1 saturated carbocycles. The molecule has 0 bridgehead atoms. The summed E-state index contributed by atoms with van der Waals surface area (Å²) in [5.74, 6) is 1.67. The molecule has 0 radical (unpaired) electrons. The molecule has 0 amide bonds. The number of aromatic nitrogens is 2. The van der Waals surface area contributed by atoms with E-state index in [1.165, 1.54) is 6.42 Å². The largest absolute Gasteiger partial charge is 0.376 e. The molecule has 1 heterocycles. The van der Waals surface area contributed by atoms with Gasteiger partial charge in [-0.05, 0) is 32.3 Å². The van der Waals surface area contributed by atoms with Crippen LogP contribution >= 0.6 is 0 Å². The topological polar surface area (TPSA) is 47.0 Å². The first kappa shape index (κ1) is 10.4. The van der Waals surface area contributed by atoms with Crippen molar-refractivity contribution in [2.45, 2.75) is 31.8 Å². The summed E-state index contributed by atoms with van der Waals surface area (Å²) >= 11 is 0. The average molecular weight is 207 g/mol. The quantitative estimate of drug-likeness (QED) is 0.817. The molecule has 2 rings (SSSR count). The van der Waals surface area contributed by atoms with Gasteiger partial charge < -0.3 is 10.1 Å². The zero-order chi connectivity index (χ0) is 10.7. The Labute approximate surface area is 90.1 Å². The van der Waals surface area contributed by atoms with Gasteiger partial charge in [-0.2, -0.15) is 0 Å². The lowest BCUT2D eigenvalue weighted by molar-refractivity contribution is -0.0601. The Balaban J connectivity index is 1.92. The second-order valence-corrected chi connectivity index (χ2v) is 4.08. The Morgan fingerprint density at radius 3 is 2.87 bits per heavy atom. The molecule has 1 aromatic heterocycles. The van der Waals surface area contributed by atoms with Gasteiger partial charge in [0.15, 0.2) is 0 Å². The molecule has 0 atom stereocenters. The van der Waals surface area contributed by atoms with Crippen LogP contribution in [-0.2, 0) is 4.74 Å². The van der Waals surface area contributed by atoms with Crippen molar-refractivity contribution in [2.75, 3.05) is 19.0 Å². The second kappa shape index (κ2) is 4.14. The van der Waals surface area contributed by atoms with Crippen LogP contribution in [0, 0.1) is 6.92 Å². The van der Waals surface area contributed by atoms with Crippen LogP contribution in [0.15, 0.2) is 12.3 Å². The van der Waals surface area contributed by atoms with Crippen LogP contribution in [0.4, 0.5) is 5.82 Å². The fourth-order valence-electron chi connectivity index (χ4n) is 1.83. The highest BCUT2D eigenvalue weighted by Crippen LogP contribution is 2.34. The van der Waals surface area contributed by atoms with E-state index < -0.39 is 0 Å². The third-order valence-corrected chi connectivity index (χ3v) is 3.07. The van der Waals surface area contributed by atoms with Crippen LogP contribution in [0.25, 0.3) is 0 Å². The van der Waals surface area contributed by atoms with E-state index >= 15 is 0 Å². The molecular formula is C11H17N3O. The molecule has 1 aliphatic rings. The van der Waals surface area contributed by atoms with Crippen LogP contribution in [0.2, 0.25) is 0 Å². The van der Waals surface area contributed by atoms with Crippen LogP contribution < -0.4 is 5.32 Å². The zero-order valence-corrected chi connectivity index (χ0v) is 9.29. The number of aryl methyl sites for hydroxylation is 1. The van der Waals surface area contributed by atoms with E-state index in [4.69, 9.17) is 4.74 Å². The summed E-state index contributed by atoms with van der Waals surface area (Å²) < 4.78 is 5.52. The number of ether oxygens (including phenoxy) is 1. The Hall–Kier alpha value is -1.16. The molecule has 4 nitrogen and oxygen atoms in total. The van der Waals surface area contributed by atoms with E-state index in [-0.39, 0.29) is 5.60 Å². The predicted molar refractivity (Wildman–Crippen MR) is 58.8 cm³/mol. The van der Waals surface area contributed by atoms with E-state index in [9.17, 15) is 0 Å². The molecule has 1 aromatic rings. The summed E-state index contributed by atoms with van der Waals surface area (Å²) in [6.07, 6.45) is 5.31. The van der Waals surface area contributed by atoms with Crippen molar-refractivity contribution in [3.63, 3.8) is 0 Å². The van der Waals surface area contributed by atoms with Crippen LogP contribution in [0.3, 0.4) is 0 Å². The van der Waals surface area contributed by atoms with Gasteiger partial charge in [-0.3, -0.25) is 0 Å². The van der Waals surface area contributed by atoms with E-state index in [2.05, 4.69) is 15.3 Å². The minimum Gasteiger partial charge on any atom is -0.376 e. The molecule has 1 N–H and O–H groups in total. The number of methoxy groups -OCH3 is 1. The molecule has 0 aliphatic heterocycles. The van der Waals surface area contributed by atoms with Crippen LogP contribution in [0.1, 0.15) is 25.1 Å². The van der Waals surface area contributed by atoms with Crippen molar-refractivity contribution < 1.29 is 4.74 Å². The van der Waals surface area contributed by atoms with Gasteiger partial charge in [0.2, 0.25) is 0 Å². The lowest BCUT2D eigenvalue weighted by atomic mass is 9.80. The molecule has 1 fully saturated rings. The Bertz CT molecular complexity index is 331. The number of nitrogens with zero attached hydrogens (tertiary/aromatic N) is 2. The molecule has 82 valence electrons. The van der Waals surface area contributed by atoms with E-state index in [0.29, 0.717) is 0 Å². The SMILES string of the molecule is COC1(CNc2ccnc(C)n2)CCC1. The molecule has 0 unspecified atom stereocenters. The van der Waals surface area contributed by atoms with Crippen LogP contribution in [-0.4, -0.2) is 29.2 Å². The maximum absolute atomic E-state index is 5.52. The average Bonchev–Trinajstić information content (AvgIpc) is 2.17.